The minimum atomic E-state index is -0.806. The van der Waals surface area contributed by atoms with Crippen LogP contribution in [0.15, 0.2) is 97.1 Å². The molecule has 2 N–H and O–H groups in total. The van der Waals surface area contributed by atoms with Gasteiger partial charge in [0.05, 0.1) is 0 Å². The molecule has 34 heavy (non-hydrogen) atoms. The first-order valence-corrected chi connectivity index (χ1v) is 11.1. The van der Waals surface area contributed by atoms with Crippen molar-refractivity contribution in [3.63, 3.8) is 0 Å². The van der Waals surface area contributed by atoms with Gasteiger partial charge in [-0.2, -0.15) is 0 Å². The van der Waals surface area contributed by atoms with Crippen LogP contribution in [0.5, 0.6) is 11.5 Å². The Hall–Kier alpha value is -4.32. The largest absolute Gasteiger partial charge is 0.481 e. The lowest BCUT2D eigenvalue weighted by Crippen LogP contribution is -2.50. The average Bonchev–Trinajstić information content (AvgIpc) is 2.87. The lowest BCUT2D eigenvalue weighted by Gasteiger charge is -2.18. The molecule has 0 fully saturated rings. The van der Waals surface area contributed by atoms with Crippen LogP contribution in [0.1, 0.15) is 13.8 Å². The van der Waals surface area contributed by atoms with Gasteiger partial charge in [-0.05, 0) is 60.0 Å². The van der Waals surface area contributed by atoms with Crippen molar-refractivity contribution in [3.8, 4) is 22.6 Å². The molecule has 4 aromatic carbocycles. The smallest absolute Gasteiger partial charge is 0.279 e. The van der Waals surface area contributed by atoms with E-state index >= 15 is 0 Å². The number of carbonyl (C=O) groups excluding carboxylic acids is 2. The van der Waals surface area contributed by atoms with Crippen LogP contribution >= 0.6 is 0 Å². The highest BCUT2D eigenvalue weighted by Gasteiger charge is 2.19. The third-order valence-corrected chi connectivity index (χ3v) is 5.36. The molecule has 0 saturated heterocycles. The highest BCUT2D eigenvalue weighted by atomic mass is 16.5. The Morgan fingerprint density at radius 1 is 0.588 bits per heavy atom. The van der Waals surface area contributed by atoms with Crippen LogP contribution in [0.2, 0.25) is 0 Å². The lowest BCUT2D eigenvalue weighted by atomic mass is 10.1. The number of fused-ring (bicyclic) bond motifs is 1. The molecule has 0 bridgehead atoms. The number of hydrazine groups is 1. The summed E-state index contributed by atoms with van der Waals surface area (Å²) in [4.78, 5) is 24.8. The standard InChI is InChI=1S/C28H26N2O4/c1-19(33-25-15-12-23(13-16-25)21-8-4-3-5-9-21)27(31)29-30-28(32)20(2)34-26-17-14-22-10-6-7-11-24(22)18-26/h3-20H,1-2H3,(H,29,31)(H,30,32)/t19-,20-/m0/s1. The van der Waals surface area contributed by atoms with E-state index in [1.165, 1.54) is 0 Å². The van der Waals surface area contributed by atoms with Gasteiger partial charge in [0.25, 0.3) is 11.8 Å². The summed E-state index contributed by atoms with van der Waals surface area (Å²) in [7, 11) is 0. The van der Waals surface area contributed by atoms with E-state index in [0.29, 0.717) is 11.5 Å². The number of hydrogen-bond donors (Lipinski definition) is 2. The number of rotatable bonds is 7. The highest BCUT2D eigenvalue weighted by molar-refractivity contribution is 5.87. The lowest BCUT2D eigenvalue weighted by molar-refractivity contribution is -0.135. The molecule has 0 heterocycles. The monoisotopic (exact) mass is 454 g/mol. The second kappa shape index (κ2) is 10.5. The van der Waals surface area contributed by atoms with Crippen LogP contribution in [-0.4, -0.2) is 24.0 Å². The first-order valence-electron chi connectivity index (χ1n) is 11.1. The average molecular weight is 455 g/mol. The van der Waals surface area contributed by atoms with Crippen LogP contribution in [-0.2, 0) is 9.59 Å². The van der Waals surface area contributed by atoms with Crippen molar-refractivity contribution in [3.05, 3.63) is 97.1 Å². The molecule has 0 aromatic heterocycles. The Morgan fingerprint density at radius 3 is 1.74 bits per heavy atom. The Bertz CT molecular complexity index is 1270. The molecule has 172 valence electrons. The number of benzene rings is 4. The van der Waals surface area contributed by atoms with E-state index in [1.54, 1.807) is 13.8 Å². The normalized spacial score (nSPS) is 12.4. The van der Waals surface area contributed by atoms with E-state index in [1.807, 2.05) is 97.1 Å². The van der Waals surface area contributed by atoms with Gasteiger partial charge in [0, 0.05) is 0 Å². The molecule has 4 rings (SSSR count). The zero-order valence-electron chi connectivity index (χ0n) is 19.0. The van der Waals surface area contributed by atoms with E-state index in [9.17, 15) is 9.59 Å². The summed E-state index contributed by atoms with van der Waals surface area (Å²) >= 11 is 0. The third-order valence-electron chi connectivity index (χ3n) is 5.36. The quantitative estimate of drug-likeness (QED) is 0.390. The fraction of sp³-hybridized carbons (Fsp3) is 0.143. The number of carbonyl (C=O) groups is 2. The number of hydrogen-bond acceptors (Lipinski definition) is 4. The van der Waals surface area contributed by atoms with Crippen molar-refractivity contribution in [2.24, 2.45) is 0 Å². The molecule has 0 saturated carbocycles. The van der Waals surface area contributed by atoms with Crippen molar-refractivity contribution >= 4 is 22.6 Å². The summed E-state index contributed by atoms with van der Waals surface area (Å²) in [6.45, 7) is 3.23. The van der Waals surface area contributed by atoms with Gasteiger partial charge in [-0.25, -0.2) is 0 Å². The van der Waals surface area contributed by atoms with E-state index < -0.39 is 24.0 Å². The van der Waals surface area contributed by atoms with Crippen LogP contribution < -0.4 is 20.3 Å². The van der Waals surface area contributed by atoms with Crippen LogP contribution in [0.3, 0.4) is 0 Å². The van der Waals surface area contributed by atoms with Crippen molar-refractivity contribution in [2.75, 3.05) is 0 Å². The summed E-state index contributed by atoms with van der Waals surface area (Å²) in [6.07, 6.45) is -1.61. The zero-order valence-corrected chi connectivity index (χ0v) is 19.0. The molecule has 0 aliphatic heterocycles. The Kier molecular flexibility index (Phi) is 7.08. The number of ether oxygens (including phenoxy) is 2. The zero-order chi connectivity index (χ0) is 23.9. The Balaban J connectivity index is 1.26. The molecule has 6 nitrogen and oxygen atoms in total. The van der Waals surface area contributed by atoms with Gasteiger partial charge in [0.1, 0.15) is 11.5 Å². The van der Waals surface area contributed by atoms with Gasteiger partial charge in [0.2, 0.25) is 0 Å². The second-order valence-corrected chi connectivity index (χ2v) is 7.90. The van der Waals surface area contributed by atoms with Crippen LogP contribution in [0.4, 0.5) is 0 Å². The summed E-state index contributed by atoms with van der Waals surface area (Å²) in [5, 5.41) is 2.10. The van der Waals surface area contributed by atoms with Gasteiger partial charge in [-0.15, -0.1) is 0 Å². The van der Waals surface area contributed by atoms with E-state index in [0.717, 1.165) is 21.9 Å². The fourth-order valence-electron chi connectivity index (χ4n) is 3.44. The topological polar surface area (TPSA) is 76.7 Å². The molecule has 0 aliphatic carbocycles. The van der Waals surface area contributed by atoms with Crippen molar-refractivity contribution in [1.29, 1.82) is 0 Å². The van der Waals surface area contributed by atoms with E-state index in [2.05, 4.69) is 10.9 Å². The van der Waals surface area contributed by atoms with Gasteiger partial charge in [0.15, 0.2) is 12.2 Å². The van der Waals surface area contributed by atoms with Crippen molar-refractivity contribution in [2.45, 2.75) is 26.1 Å². The summed E-state index contributed by atoms with van der Waals surface area (Å²) in [5.74, 6) is 0.185. The van der Waals surface area contributed by atoms with E-state index in [4.69, 9.17) is 9.47 Å². The molecule has 2 atom stereocenters. The maximum Gasteiger partial charge on any atom is 0.279 e. The SMILES string of the molecule is C[C@H](Oc1ccc(-c2ccccc2)cc1)C(=O)NNC(=O)[C@H](C)Oc1ccc2ccccc2c1. The van der Waals surface area contributed by atoms with Crippen LogP contribution in [0.25, 0.3) is 21.9 Å². The fourth-order valence-corrected chi connectivity index (χ4v) is 3.44. The predicted octanol–water partition coefficient (Wildman–Crippen LogP) is 4.89. The number of nitrogens with one attached hydrogen (secondary N) is 2. The maximum atomic E-state index is 12.4. The molecule has 2 amide bonds. The molecular formula is C28H26N2O4. The summed E-state index contributed by atoms with van der Waals surface area (Å²) < 4.78 is 11.4. The van der Waals surface area contributed by atoms with Gasteiger partial charge < -0.3 is 9.47 Å². The highest BCUT2D eigenvalue weighted by Crippen LogP contribution is 2.23. The predicted molar refractivity (Wildman–Crippen MR) is 132 cm³/mol. The van der Waals surface area contributed by atoms with Crippen molar-refractivity contribution in [1.82, 2.24) is 10.9 Å². The molecule has 0 radical (unpaired) electrons. The Morgan fingerprint density at radius 2 is 1.09 bits per heavy atom. The molecular weight excluding hydrogens is 428 g/mol. The molecule has 0 aliphatic rings. The Labute approximate surface area is 198 Å². The van der Waals surface area contributed by atoms with Crippen LogP contribution in [0, 0.1) is 0 Å². The molecule has 0 spiro atoms. The summed E-state index contributed by atoms with van der Waals surface area (Å²) in [5.41, 5.74) is 6.94. The molecule has 0 unspecified atom stereocenters. The molecule has 4 aromatic rings. The molecule has 6 heteroatoms. The van der Waals surface area contributed by atoms with Gasteiger partial charge in [-0.3, -0.25) is 20.4 Å². The summed E-state index contributed by atoms with van der Waals surface area (Å²) in [6, 6.07) is 31.0. The van der Waals surface area contributed by atoms with Gasteiger partial charge in [-0.1, -0.05) is 72.8 Å². The first-order chi connectivity index (χ1) is 16.5. The third kappa shape index (κ3) is 5.72. The van der Waals surface area contributed by atoms with Gasteiger partial charge >= 0.3 is 0 Å². The number of amides is 2. The minimum absolute atomic E-state index is 0.471. The second-order valence-electron chi connectivity index (χ2n) is 7.90. The van der Waals surface area contributed by atoms with Crippen molar-refractivity contribution < 1.29 is 19.1 Å². The first kappa shape index (κ1) is 22.9. The van der Waals surface area contributed by atoms with E-state index in [-0.39, 0.29) is 0 Å². The maximum absolute atomic E-state index is 12.4. The minimum Gasteiger partial charge on any atom is -0.481 e.